The van der Waals surface area contributed by atoms with Crippen molar-refractivity contribution < 1.29 is 9.59 Å². The number of benzene rings is 1. The molecule has 0 aliphatic carbocycles. The Kier molecular flexibility index (Phi) is 4.04. The molecule has 0 unspecified atom stereocenters. The first-order chi connectivity index (χ1) is 9.08. The zero-order valence-corrected chi connectivity index (χ0v) is 10.9. The summed E-state index contributed by atoms with van der Waals surface area (Å²) in [5, 5.41) is 0. The Morgan fingerprint density at radius 1 is 1.26 bits per heavy atom. The van der Waals surface area contributed by atoms with Gasteiger partial charge >= 0.3 is 0 Å². The van der Waals surface area contributed by atoms with E-state index in [0.717, 1.165) is 31.4 Å². The lowest BCUT2D eigenvalue weighted by atomic mass is 10.1. The van der Waals surface area contributed by atoms with Crippen molar-refractivity contribution in [3.05, 3.63) is 29.3 Å². The van der Waals surface area contributed by atoms with Gasteiger partial charge in [-0.2, -0.15) is 0 Å². The molecule has 4 N–H and O–H groups in total. The molecule has 0 saturated carbocycles. The van der Waals surface area contributed by atoms with Gasteiger partial charge in [-0.15, -0.1) is 0 Å². The summed E-state index contributed by atoms with van der Waals surface area (Å²) in [6.07, 6.45) is 3.70. The predicted octanol–water partition coefficient (Wildman–Crippen LogP) is 1.27. The number of nitrogens with zero attached hydrogens (tertiary/aromatic N) is 1. The summed E-state index contributed by atoms with van der Waals surface area (Å²) in [5.41, 5.74) is 12.9. The van der Waals surface area contributed by atoms with Crippen LogP contribution >= 0.6 is 0 Å². The van der Waals surface area contributed by atoms with Gasteiger partial charge in [0.2, 0.25) is 11.8 Å². The van der Waals surface area contributed by atoms with Crippen LogP contribution in [0.5, 0.6) is 0 Å². The van der Waals surface area contributed by atoms with Crippen molar-refractivity contribution in [1.82, 2.24) is 4.90 Å². The molecule has 0 spiro atoms. The topological polar surface area (TPSA) is 89.4 Å². The highest BCUT2D eigenvalue weighted by atomic mass is 16.2. The van der Waals surface area contributed by atoms with Crippen LogP contribution in [-0.2, 0) is 11.3 Å². The molecule has 1 aliphatic rings. The third-order valence-electron chi connectivity index (χ3n) is 3.46. The minimum Gasteiger partial charge on any atom is -0.398 e. The van der Waals surface area contributed by atoms with Gasteiger partial charge in [0.1, 0.15) is 0 Å². The molecule has 1 aliphatic heterocycles. The molecule has 2 rings (SSSR count). The lowest BCUT2D eigenvalue weighted by Crippen LogP contribution is -2.30. The Bertz CT molecular complexity index is 499. The Morgan fingerprint density at radius 3 is 2.74 bits per heavy atom. The quantitative estimate of drug-likeness (QED) is 0.803. The highest BCUT2D eigenvalue weighted by Crippen LogP contribution is 2.19. The van der Waals surface area contributed by atoms with Gasteiger partial charge in [0.05, 0.1) is 0 Å². The van der Waals surface area contributed by atoms with Crippen molar-refractivity contribution in [2.24, 2.45) is 5.73 Å². The molecule has 0 radical (unpaired) electrons. The van der Waals surface area contributed by atoms with Gasteiger partial charge in [-0.1, -0.05) is 12.5 Å². The first-order valence-corrected chi connectivity index (χ1v) is 6.54. The molecular weight excluding hydrogens is 242 g/mol. The average molecular weight is 261 g/mol. The van der Waals surface area contributed by atoms with Crippen LogP contribution in [0.2, 0.25) is 0 Å². The van der Waals surface area contributed by atoms with Gasteiger partial charge in [0, 0.05) is 30.8 Å². The normalized spacial score (nSPS) is 16.2. The van der Waals surface area contributed by atoms with E-state index in [-0.39, 0.29) is 5.91 Å². The monoisotopic (exact) mass is 261 g/mol. The van der Waals surface area contributed by atoms with Crippen molar-refractivity contribution in [3.63, 3.8) is 0 Å². The van der Waals surface area contributed by atoms with Crippen molar-refractivity contribution in [1.29, 1.82) is 0 Å². The number of rotatable bonds is 3. The van der Waals surface area contributed by atoms with Crippen LogP contribution in [0.15, 0.2) is 18.2 Å². The molecule has 1 aromatic carbocycles. The second-order valence-corrected chi connectivity index (χ2v) is 4.90. The van der Waals surface area contributed by atoms with Crippen LogP contribution in [0.3, 0.4) is 0 Å². The Balaban J connectivity index is 2.14. The van der Waals surface area contributed by atoms with E-state index in [1.165, 1.54) is 0 Å². The van der Waals surface area contributed by atoms with E-state index in [1.54, 1.807) is 18.2 Å². The zero-order chi connectivity index (χ0) is 13.8. The maximum Gasteiger partial charge on any atom is 0.248 e. The summed E-state index contributed by atoms with van der Waals surface area (Å²) in [5.74, 6) is -0.319. The summed E-state index contributed by atoms with van der Waals surface area (Å²) in [4.78, 5) is 24.8. The van der Waals surface area contributed by atoms with Gasteiger partial charge in [-0.3, -0.25) is 9.59 Å². The summed E-state index contributed by atoms with van der Waals surface area (Å²) in [6, 6.07) is 4.99. The molecule has 5 heteroatoms. The second kappa shape index (κ2) is 5.73. The minimum atomic E-state index is -0.496. The Morgan fingerprint density at radius 2 is 2.05 bits per heavy atom. The lowest BCUT2D eigenvalue weighted by Gasteiger charge is -2.21. The maximum atomic E-state index is 11.9. The third-order valence-corrected chi connectivity index (χ3v) is 3.46. The lowest BCUT2D eigenvalue weighted by molar-refractivity contribution is -0.131. The number of anilines is 1. The molecule has 1 saturated heterocycles. The summed E-state index contributed by atoms with van der Waals surface area (Å²) in [6.45, 7) is 1.28. The number of nitrogens with two attached hydrogens (primary N) is 2. The summed E-state index contributed by atoms with van der Waals surface area (Å²) >= 11 is 0. The van der Waals surface area contributed by atoms with Crippen molar-refractivity contribution in [2.45, 2.75) is 32.2 Å². The molecule has 5 nitrogen and oxygen atoms in total. The van der Waals surface area contributed by atoms with Gasteiger partial charge in [-0.05, 0) is 30.5 Å². The van der Waals surface area contributed by atoms with Crippen LogP contribution in [-0.4, -0.2) is 23.3 Å². The number of carbonyl (C=O) groups excluding carboxylic acids is 2. The van der Waals surface area contributed by atoms with Crippen molar-refractivity contribution in [3.8, 4) is 0 Å². The number of nitrogen functional groups attached to an aromatic ring is 1. The average Bonchev–Trinajstić information content (AvgIpc) is 2.57. The summed E-state index contributed by atoms with van der Waals surface area (Å²) < 4.78 is 0. The largest absolute Gasteiger partial charge is 0.398 e. The van der Waals surface area contributed by atoms with E-state index in [1.807, 2.05) is 4.90 Å². The fourth-order valence-corrected chi connectivity index (χ4v) is 2.30. The van der Waals surface area contributed by atoms with Gasteiger partial charge < -0.3 is 16.4 Å². The Hall–Kier alpha value is -2.04. The van der Waals surface area contributed by atoms with Crippen LogP contribution in [0, 0.1) is 0 Å². The highest BCUT2D eigenvalue weighted by Gasteiger charge is 2.17. The molecule has 1 heterocycles. The highest BCUT2D eigenvalue weighted by molar-refractivity contribution is 5.93. The molecule has 19 heavy (non-hydrogen) atoms. The smallest absolute Gasteiger partial charge is 0.248 e. The number of hydrogen-bond donors (Lipinski definition) is 2. The fraction of sp³-hybridized carbons (Fsp3) is 0.429. The van der Waals surface area contributed by atoms with Gasteiger partial charge in [-0.25, -0.2) is 0 Å². The summed E-state index contributed by atoms with van der Waals surface area (Å²) in [7, 11) is 0. The van der Waals surface area contributed by atoms with Crippen molar-refractivity contribution >= 4 is 17.5 Å². The molecule has 102 valence electrons. The fourth-order valence-electron chi connectivity index (χ4n) is 2.30. The van der Waals surface area contributed by atoms with Gasteiger partial charge in [0.25, 0.3) is 0 Å². The SMILES string of the molecule is NC(=O)c1ccc(CN2CCCCCC2=O)c(N)c1. The van der Waals surface area contributed by atoms with Gasteiger partial charge in [0.15, 0.2) is 0 Å². The number of likely N-dealkylation sites (tertiary alicyclic amines) is 1. The van der Waals surface area contributed by atoms with Crippen molar-refractivity contribution in [2.75, 3.05) is 12.3 Å². The minimum absolute atomic E-state index is 0.177. The molecule has 0 atom stereocenters. The molecule has 1 aromatic rings. The van der Waals surface area contributed by atoms with E-state index in [9.17, 15) is 9.59 Å². The number of amides is 2. The second-order valence-electron chi connectivity index (χ2n) is 4.90. The number of carbonyl (C=O) groups is 2. The Labute approximate surface area is 112 Å². The van der Waals surface area contributed by atoms with Crippen LogP contribution < -0.4 is 11.5 Å². The molecule has 0 aromatic heterocycles. The van der Waals surface area contributed by atoms with E-state index < -0.39 is 5.91 Å². The predicted molar refractivity (Wildman–Crippen MR) is 73.3 cm³/mol. The number of primary amides is 1. The van der Waals surface area contributed by atoms with Crippen LogP contribution in [0.4, 0.5) is 5.69 Å². The molecular formula is C14H19N3O2. The van der Waals surface area contributed by atoms with E-state index in [2.05, 4.69) is 0 Å². The third kappa shape index (κ3) is 3.24. The number of hydrogen-bond acceptors (Lipinski definition) is 3. The first-order valence-electron chi connectivity index (χ1n) is 6.54. The maximum absolute atomic E-state index is 11.9. The van der Waals surface area contributed by atoms with E-state index >= 15 is 0 Å². The molecule has 0 bridgehead atoms. The van der Waals surface area contributed by atoms with Crippen LogP contribution in [0.1, 0.15) is 41.6 Å². The first kappa shape index (κ1) is 13.4. The van der Waals surface area contributed by atoms with Crippen LogP contribution in [0.25, 0.3) is 0 Å². The molecule has 2 amide bonds. The zero-order valence-electron chi connectivity index (χ0n) is 10.9. The van der Waals surface area contributed by atoms with E-state index in [4.69, 9.17) is 11.5 Å². The molecule has 1 fully saturated rings. The van der Waals surface area contributed by atoms with E-state index in [0.29, 0.717) is 24.2 Å². The standard InChI is InChI=1S/C14H19N3O2/c15-12-8-10(14(16)19)5-6-11(12)9-17-7-3-1-2-4-13(17)18/h5-6,8H,1-4,7,9,15H2,(H2,16,19).